The van der Waals surface area contributed by atoms with Gasteiger partial charge in [0, 0.05) is 11.6 Å². The monoisotopic (exact) mass is 282 g/mol. The molecule has 7 heteroatoms. The summed E-state index contributed by atoms with van der Waals surface area (Å²) in [5.74, 6) is -0.204. The minimum atomic E-state index is -0.882. The van der Waals surface area contributed by atoms with E-state index in [-0.39, 0.29) is 6.42 Å². The maximum atomic E-state index is 10.6. The lowest BCUT2D eigenvalue weighted by Crippen LogP contribution is -1.99. The molecule has 0 aliphatic carbocycles. The Balaban J connectivity index is 2.13. The first-order chi connectivity index (χ1) is 8.69. The van der Waals surface area contributed by atoms with E-state index in [1.54, 1.807) is 24.8 Å². The highest BCUT2D eigenvalue weighted by Crippen LogP contribution is 2.34. The van der Waals surface area contributed by atoms with Gasteiger partial charge in [0.25, 0.3) is 0 Å². The van der Waals surface area contributed by atoms with Crippen LogP contribution in [0.4, 0.5) is 0 Å². The number of aromatic nitrogens is 2. The van der Waals surface area contributed by atoms with Crippen molar-refractivity contribution in [2.24, 2.45) is 0 Å². The van der Waals surface area contributed by atoms with E-state index >= 15 is 0 Å². The molecule has 2 aromatic rings. The van der Waals surface area contributed by atoms with E-state index < -0.39 is 5.97 Å². The van der Waals surface area contributed by atoms with Gasteiger partial charge in [0.2, 0.25) is 0 Å². The van der Waals surface area contributed by atoms with Crippen LogP contribution in [0, 0.1) is 0 Å². The molecule has 0 amide bonds. The lowest BCUT2D eigenvalue weighted by molar-refractivity contribution is -0.136. The van der Waals surface area contributed by atoms with Crippen LogP contribution >= 0.6 is 23.1 Å². The molecule has 2 rings (SSSR count). The molecule has 94 valence electrons. The molecule has 0 aromatic carbocycles. The van der Waals surface area contributed by atoms with Crippen molar-refractivity contribution < 1.29 is 14.6 Å². The van der Waals surface area contributed by atoms with E-state index in [2.05, 4.69) is 9.97 Å². The van der Waals surface area contributed by atoms with Crippen LogP contribution < -0.4 is 4.74 Å². The van der Waals surface area contributed by atoms with Gasteiger partial charge in [-0.1, -0.05) is 0 Å². The van der Waals surface area contributed by atoms with Crippen molar-refractivity contribution in [3.63, 3.8) is 0 Å². The summed E-state index contributed by atoms with van der Waals surface area (Å²) >= 11 is 2.76. The van der Waals surface area contributed by atoms with Crippen LogP contribution in [0.25, 0.3) is 0 Å². The number of carboxylic acids is 1. The molecule has 0 fully saturated rings. The summed E-state index contributed by atoms with van der Waals surface area (Å²) in [4.78, 5) is 19.0. The predicted octanol–water partition coefficient (Wildman–Crippen LogP) is 2.32. The van der Waals surface area contributed by atoms with Crippen molar-refractivity contribution in [2.75, 3.05) is 7.11 Å². The van der Waals surface area contributed by atoms with E-state index in [0.717, 1.165) is 9.37 Å². The van der Waals surface area contributed by atoms with Crippen LogP contribution in [0.1, 0.15) is 5.69 Å². The van der Waals surface area contributed by atoms with E-state index in [0.29, 0.717) is 11.4 Å². The number of nitrogens with zero attached hydrogens (tertiary/aromatic N) is 2. The van der Waals surface area contributed by atoms with Crippen LogP contribution in [0.15, 0.2) is 33.1 Å². The smallest absolute Gasteiger partial charge is 0.309 e. The number of hydrogen-bond acceptors (Lipinski definition) is 6. The molecule has 0 saturated heterocycles. The number of aliphatic carboxylic acids is 1. The third kappa shape index (κ3) is 3.21. The quantitative estimate of drug-likeness (QED) is 0.907. The van der Waals surface area contributed by atoms with Crippen molar-refractivity contribution in [1.82, 2.24) is 9.97 Å². The van der Waals surface area contributed by atoms with Gasteiger partial charge in [-0.05, 0) is 23.9 Å². The maximum Gasteiger partial charge on any atom is 0.309 e. The summed E-state index contributed by atoms with van der Waals surface area (Å²) in [5.41, 5.74) is 0.560. The molecule has 2 aromatic heterocycles. The van der Waals surface area contributed by atoms with Gasteiger partial charge in [0.15, 0.2) is 10.1 Å². The van der Waals surface area contributed by atoms with Gasteiger partial charge in [-0.2, -0.15) is 0 Å². The molecular formula is C11H10N2O3S2. The van der Waals surface area contributed by atoms with Gasteiger partial charge in [0.05, 0.1) is 19.2 Å². The Hall–Kier alpha value is -1.60. The third-order valence-corrected chi connectivity index (χ3v) is 3.99. The molecule has 0 bridgehead atoms. The normalized spacial score (nSPS) is 10.3. The molecule has 5 nitrogen and oxygen atoms in total. The number of ether oxygens (including phenoxy) is 1. The molecule has 0 aliphatic heterocycles. The minimum Gasteiger partial charge on any atom is -0.494 e. The van der Waals surface area contributed by atoms with Gasteiger partial charge >= 0.3 is 5.97 Å². The first-order valence-electron chi connectivity index (χ1n) is 5.02. The number of hydrogen-bond donors (Lipinski definition) is 1. The van der Waals surface area contributed by atoms with Crippen molar-refractivity contribution in [3.05, 3.63) is 29.4 Å². The van der Waals surface area contributed by atoms with Crippen molar-refractivity contribution in [3.8, 4) is 5.75 Å². The summed E-state index contributed by atoms with van der Waals surface area (Å²) in [5, 5.41) is 11.1. The fraction of sp³-hybridized carbons (Fsp3) is 0.182. The standard InChI is InChI=1S/C11H10N2O3S2/c1-16-8-3-2-4-12-10(8)18-11-13-7(6-17-11)5-9(14)15/h2-4,6H,5H2,1H3,(H,14,15). The van der Waals surface area contributed by atoms with E-state index in [1.165, 1.54) is 23.1 Å². The predicted molar refractivity (Wildman–Crippen MR) is 68.4 cm³/mol. The Labute approximate surface area is 112 Å². The zero-order valence-corrected chi connectivity index (χ0v) is 11.1. The number of thiazole rings is 1. The van der Waals surface area contributed by atoms with E-state index in [1.807, 2.05) is 6.07 Å². The van der Waals surface area contributed by atoms with Crippen LogP contribution in [0.5, 0.6) is 5.75 Å². The number of pyridine rings is 1. The van der Waals surface area contributed by atoms with Gasteiger partial charge in [-0.3, -0.25) is 4.79 Å². The van der Waals surface area contributed by atoms with Gasteiger partial charge in [0.1, 0.15) is 5.03 Å². The number of carbonyl (C=O) groups is 1. The Morgan fingerprint density at radius 1 is 1.61 bits per heavy atom. The van der Waals surface area contributed by atoms with Crippen molar-refractivity contribution in [2.45, 2.75) is 15.8 Å². The highest BCUT2D eigenvalue weighted by molar-refractivity contribution is 8.01. The zero-order chi connectivity index (χ0) is 13.0. The fourth-order valence-electron chi connectivity index (χ4n) is 1.26. The number of carboxylic acid groups (broad SMARTS) is 1. The molecule has 18 heavy (non-hydrogen) atoms. The molecule has 0 spiro atoms. The third-order valence-electron chi connectivity index (χ3n) is 2.00. The summed E-state index contributed by atoms with van der Waals surface area (Å²) in [6.45, 7) is 0. The van der Waals surface area contributed by atoms with E-state index in [4.69, 9.17) is 9.84 Å². The Morgan fingerprint density at radius 2 is 2.44 bits per heavy atom. The number of methoxy groups -OCH3 is 1. The van der Waals surface area contributed by atoms with Gasteiger partial charge in [-0.25, -0.2) is 9.97 Å². The fourth-order valence-corrected chi connectivity index (χ4v) is 3.07. The highest BCUT2D eigenvalue weighted by Gasteiger charge is 2.10. The summed E-state index contributed by atoms with van der Waals surface area (Å²) in [6, 6.07) is 3.61. The van der Waals surface area contributed by atoms with Crippen LogP contribution in [0.2, 0.25) is 0 Å². The van der Waals surface area contributed by atoms with Crippen molar-refractivity contribution >= 4 is 29.1 Å². The molecule has 0 unspecified atom stereocenters. The molecule has 0 saturated carbocycles. The lowest BCUT2D eigenvalue weighted by Gasteiger charge is -2.03. The van der Waals surface area contributed by atoms with Gasteiger partial charge < -0.3 is 9.84 Å². The van der Waals surface area contributed by atoms with Gasteiger partial charge in [-0.15, -0.1) is 11.3 Å². The lowest BCUT2D eigenvalue weighted by atomic mass is 10.3. The second kappa shape index (κ2) is 5.83. The first kappa shape index (κ1) is 12.8. The average molecular weight is 282 g/mol. The second-order valence-electron chi connectivity index (χ2n) is 3.29. The molecule has 0 aliphatic rings. The Kier molecular flexibility index (Phi) is 4.16. The first-order valence-corrected chi connectivity index (χ1v) is 6.71. The second-order valence-corrected chi connectivity index (χ2v) is 5.38. The summed E-state index contributed by atoms with van der Waals surface area (Å²) in [6.07, 6.45) is 1.62. The molecule has 0 atom stereocenters. The van der Waals surface area contributed by atoms with Crippen molar-refractivity contribution in [1.29, 1.82) is 0 Å². The Morgan fingerprint density at radius 3 is 3.17 bits per heavy atom. The minimum absolute atomic E-state index is 0.0591. The van der Waals surface area contributed by atoms with Crippen LogP contribution in [0.3, 0.4) is 0 Å². The Bertz CT molecular complexity index is 557. The summed E-state index contributed by atoms with van der Waals surface area (Å²) in [7, 11) is 1.58. The molecule has 0 radical (unpaired) electrons. The molecular weight excluding hydrogens is 272 g/mol. The maximum absolute atomic E-state index is 10.6. The van der Waals surface area contributed by atoms with Crippen LogP contribution in [-0.4, -0.2) is 28.2 Å². The summed E-state index contributed by atoms with van der Waals surface area (Å²) < 4.78 is 5.94. The average Bonchev–Trinajstić information content (AvgIpc) is 2.76. The highest BCUT2D eigenvalue weighted by atomic mass is 32.2. The zero-order valence-electron chi connectivity index (χ0n) is 9.49. The van der Waals surface area contributed by atoms with Crippen LogP contribution in [-0.2, 0) is 11.2 Å². The van der Waals surface area contributed by atoms with E-state index in [9.17, 15) is 4.79 Å². The largest absolute Gasteiger partial charge is 0.494 e. The topological polar surface area (TPSA) is 72.3 Å². The molecule has 2 heterocycles. The number of rotatable bonds is 5. The molecule has 1 N–H and O–H groups in total. The SMILES string of the molecule is COc1cccnc1Sc1nc(CC(=O)O)cs1.